The van der Waals surface area contributed by atoms with Crippen molar-refractivity contribution in [2.75, 3.05) is 30.4 Å². The molecule has 2 aliphatic rings. The largest absolute Gasteiger partial charge is 0.382 e. The molecule has 1 fully saturated rings. The Hall–Kier alpha value is -1.26. The minimum absolute atomic E-state index is 0.0464. The van der Waals surface area contributed by atoms with Gasteiger partial charge in [0.05, 0.1) is 21.8 Å². The molecule has 1 aromatic carbocycles. The van der Waals surface area contributed by atoms with Crippen molar-refractivity contribution < 1.29 is 9.53 Å². The van der Waals surface area contributed by atoms with E-state index in [-0.39, 0.29) is 11.3 Å². The van der Waals surface area contributed by atoms with Gasteiger partial charge in [0.2, 0.25) is 5.91 Å². The van der Waals surface area contributed by atoms with Crippen LogP contribution < -0.4 is 10.6 Å². The summed E-state index contributed by atoms with van der Waals surface area (Å²) < 4.78 is 5.35. The number of benzene rings is 1. The Morgan fingerprint density at radius 2 is 2.06 bits per heavy atom. The van der Waals surface area contributed by atoms with E-state index in [1.165, 1.54) is 0 Å². The number of ether oxygens (including phenoxy) is 1. The number of hydrogen-bond acceptors (Lipinski definition) is 3. The summed E-state index contributed by atoms with van der Waals surface area (Å²) in [6, 6.07) is 5.59. The Morgan fingerprint density at radius 3 is 2.83 bits per heavy atom. The van der Waals surface area contributed by atoms with E-state index in [9.17, 15) is 4.79 Å². The van der Waals surface area contributed by atoms with E-state index in [4.69, 9.17) is 16.3 Å². The van der Waals surface area contributed by atoms with Crippen LogP contribution in [0.1, 0.15) is 12.8 Å². The highest BCUT2D eigenvalue weighted by Gasteiger charge is 2.41. The SMILES string of the molecule is O=C1Nc2c(Cl)cccc2NCC12CCOCC2. The molecule has 1 amide bonds. The molecular formula is C13H15ClN2O2. The number of nitrogens with one attached hydrogen (secondary N) is 2. The quantitative estimate of drug-likeness (QED) is 0.759. The first kappa shape index (κ1) is 11.8. The van der Waals surface area contributed by atoms with Gasteiger partial charge >= 0.3 is 0 Å². The fraction of sp³-hybridized carbons (Fsp3) is 0.462. The maximum atomic E-state index is 12.4. The van der Waals surface area contributed by atoms with Crippen molar-refractivity contribution in [1.82, 2.24) is 0 Å². The zero-order valence-electron chi connectivity index (χ0n) is 9.96. The first-order valence-electron chi connectivity index (χ1n) is 6.13. The molecule has 0 unspecified atom stereocenters. The summed E-state index contributed by atoms with van der Waals surface area (Å²) in [7, 11) is 0. The van der Waals surface area contributed by atoms with E-state index in [1.54, 1.807) is 6.07 Å². The first-order chi connectivity index (χ1) is 8.71. The predicted octanol–water partition coefficient (Wildman–Crippen LogP) is 2.50. The molecule has 18 heavy (non-hydrogen) atoms. The molecule has 4 nitrogen and oxygen atoms in total. The van der Waals surface area contributed by atoms with Gasteiger partial charge in [-0.05, 0) is 25.0 Å². The van der Waals surface area contributed by atoms with Gasteiger partial charge in [-0.2, -0.15) is 0 Å². The Labute approximate surface area is 111 Å². The summed E-state index contributed by atoms with van der Waals surface area (Å²) in [6.07, 6.45) is 1.49. The first-order valence-corrected chi connectivity index (χ1v) is 6.51. The second-order valence-corrected chi connectivity index (χ2v) is 5.27. The smallest absolute Gasteiger partial charge is 0.232 e. The van der Waals surface area contributed by atoms with Gasteiger partial charge in [-0.25, -0.2) is 0 Å². The summed E-state index contributed by atoms with van der Waals surface area (Å²) in [4.78, 5) is 12.4. The van der Waals surface area contributed by atoms with E-state index < -0.39 is 0 Å². The number of hydrogen-bond donors (Lipinski definition) is 2. The molecule has 0 aromatic heterocycles. The molecule has 2 aliphatic heterocycles. The number of amides is 1. The van der Waals surface area contributed by atoms with Crippen LogP contribution in [0, 0.1) is 5.41 Å². The Morgan fingerprint density at radius 1 is 1.28 bits per heavy atom. The van der Waals surface area contributed by atoms with Gasteiger partial charge in [-0.1, -0.05) is 17.7 Å². The third kappa shape index (κ3) is 1.85. The molecule has 1 saturated heterocycles. The number of fused-ring (bicyclic) bond motifs is 1. The van der Waals surface area contributed by atoms with Crippen molar-refractivity contribution in [2.45, 2.75) is 12.8 Å². The zero-order chi connectivity index (χ0) is 12.6. The van der Waals surface area contributed by atoms with Crippen LogP contribution in [0.3, 0.4) is 0 Å². The predicted molar refractivity (Wildman–Crippen MR) is 71.1 cm³/mol. The van der Waals surface area contributed by atoms with Crippen LogP contribution in [0.25, 0.3) is 0 Å². The molecule has 96 valence electrons. The van der Waals surface area contributed by atoms with Crippen LogP contribution in [0.15, 0.2) is 18.2 Å². The number of halogens is 1. The number of para-hydroxylation sites is 1. The van der Waals surface area contributed by atoms with Crippen LogP contribution in [0.5, 0.6) is 0 Å². The normalized spacial score (nSPS) is 21.7. The third-order valence-corrected chi connectivity index (χ3v) is 4.12. The average Bonchev–Trinajstić information content (AvgIpc) is 2.52. The summed E-state index contributed by atoms with van der Waals surface area (Å²) >= 11 is 6.13. The fourth-order valence-electron chi connectivity index (χ4n) is 2.56. The highest BCUT2D eigenvalue weighted by Crippen LogP contribution is 2.39. The summed E-state index contributed by atoms with van der Waals surface area (Å²) in [5.74, 6) is 0.0464. The molecule has 3 rings (SSSR count). The van der Waals surface area contributed by atoms with Crippen LogP contribution in [0.2, 0.25) is 5.02 Å². The zero-order valence-corrected chi connectivity index (χ0v) is 10.7. The summed E-state index contributed by atoms with van der Waals surface area (Å²) in [5.41, 5.74) is 1.20. The van der Waals surface area contributed by atoms with Gasteiger partial charge in [0.1, 0.15) is 0 Å². The molecule has 1 spiro atoms. The Bertz CT molecular complexity index is 484. The summed E-state index contributed by atoms with van der Waals surface area (Å²) in [6.45, 7) is 1.91. The number of anilines is 2. The summed E-state index contributed by atoms with van der Waals surface area (Å²) in [5, 5.41) is 6.86. The Balaban J connectivity index is 1.95. The van der Waals surface area contributed by atoms with Crippen LogP contribution in [-0.2, 0) is 9.53 Å². The van der Waals surface area contributed by atoms with Crippen molar-refractivity contribution in [3.8, 4) is 0 Å². The molecule has 1 aromatic rings. The van der Waals surface area contributed by atoms with Gasteiger partial charge in [0, 0.05) is 19.8 Å². The molecule has 0 saturated carbocycles. The topological polar surface area (TPSA) is 50.4 Å². The van der Waals surface area contributed by atoms with Gasteiger partial charge in [0.15, 0.2) is 0 Å². The highest BCUT2D eigenvalue weighted by molar-refractivity contribution is 6.34. The van der Waals surface area contributed by atoms with Crippen LogP contribution >= 0.6 is 11.6 Å². The second kappa shape index (κ2) is 4.44. The molecule has 2 heterocycles. The monoisotopic (exact) mass is 266 g/mol. The number of carbonyl (C=O) groups is 1. The number of carbonyl (C=O) groups excluding carboxylic acids is 1. The molecular weight excluding hydrogens is 252 g/mol. The van der Waals surface area contributed by atoms with E-state index in [0.29, 0.717) is 30.5 Å². The number of rotatable bonds is 0. The van der Waals surface area contributed by atoms with E-state index >= 15 is 0 Å². The maximum Gasteiger partial charge on any atom is 0.232 e. The van der Waals surface area contributed by atoms with Crippen molar-refractivity contribution in [3.63, 3.8) is 0 Å². The minimum Gasteiger partial charge on any atom is -0.382 e. The Kier molecular flexibility index (Phi) is 2.92. The minimum atomic E-state index is -0.374. The van der Waals surface area contributed by atoms with Gasteiger partial charge in [0.25, 0.3) is 0 Å². The van der Waals surface area contributed by atoms with E-state index in [0.717, 1.165) is 18.5 Å². The van der Waals surface area contributed by atoms with Crippen LogP contribution in [0.4, 0.5) is 11.4 Å². The molecule has 0 atom stereocenters. The molecule has 0 aliphatic carbocycles. The van der Waals surface area contributed by atoms with Crippen molar-refractivity contribution in [1.29, 1.82) is 0 Å². The highest BCUT2D eigenvalue weighted by atomic mass is 35.5. The van der Waals surface area contributed by atoms with Crippen molar-refractivity contribution in [3.05, 3.63) is 23.2 Å². The standard InChI is InChI=1S/C13H15ClN2O2/c14-9-2-1-3-10-11(9)16-12(17)13(8-15-10)4-6-18-7-5-13/h1-3,15H,4-8H2,(H,16,17). The lowest BCUT2D eigenvalue weighted by Gasteiger charge is -2.34. The lowest BCUT2D eigenvalue weighted by molar-refractivity contribution is -0.129. The van der Waals surface area contributed by atoms with Crippen molar-refractivity contribution in [2.24, 2.45) is 5.41 Å². The fourth-order valence-corrected chi connectivity index (χ4v) is 2.78. The average molecular weight is 267 g/mol. The third-order valence-electron chi connectivity index (χ3n) is 3.80. The lowest BCUT2D eigenvalue weighted by Crippen LogP contribution is -2.44. The molecule has 0 radical (unpaired) electrons. The molecule has 2 N–H and O–H groups in total. The van der Waals surface area contributed by atoms with E-state index in [2.05, 4.69) is 10.6 Å². The van der Waals surface area contributed by atoms with Crippen molar-refractivity contribution >= 4 is 28.9 Å². The molecule has 5 heteroatoms. The molecule has 0 bridgehead atoms. The maximum absolute atomic E-state index is 12.4. The van der Waals surface area contributed by atoms with Gasteiger partial charge in [-0.3, -0.25) is 4.79 Å². The van der Waals surface area contributed by atoms with E-state index in [1.807, 2.05) is 12.1 Å². The van der Waals surface area contributed by atoms with Crippen LogP contribution in [-0.4, -0.2) is 25.7 Å². The lowest BCUT2D eigenvalue weighted by atomic mass is 9.79. The van der Waals surface area contributed by atoms with Gasteiger partial charge in [-0.15, -0.1) is 0 Å². The second-order valence-electron chi connectivity index (χ2n) is 4.86. The van der Waals surface area contributed by atoms with Gasteiger partial charge < -0.3 is 15.4 Å².